The van der Waals surface area contributed by atoms with Crippen LogP contribution in [-0.2, 0) is 9.59 Å². The number of carboxylic acids is 1. The molecule has 3 unspecified atom stereocenters. The highest BCUT2D eigenvalue weighted by Gasteiger charge is 2.65. The number of rotatable bonds is 2. The second kappa shape index (κ2) is 4.61. The molecule has 1 heterocycles. The smallest absolute Gasteiger partial charge is 0.471 e. The summed E-state index contributed by atoms with van der Waals surface area (Å²) in [5.41, 5.74) is -0.218. The molecule has 1 aliphatic heterocycles. The number of hydrogen-bond acceptors (Lipinski definition) is 2. The van der Waals surface area contributed by atoms with Crippen LogP contribution in [0.4, 0.5) is 13.2 Å². The van der Waals surface area contributed by atoms with Crippen molar-refractivity contribution in [3.63, 3.8) is 0 Å². The fourth-order valence-electron chi connectivity index (χ4n) is 4.93. The van der Waals surface area contributed by atoms with E-state index in [2.05, 4.69) is 0 Å². The molecule has 7 heteroatoms. The van der Waals surface area contributed by atoms with Gasteiger partial charge in [0.2, 0.25) is 0 Å². The summed E-state index contributed by atoms with van der Waals surface area (Å²) < 4.78 is 37.2. The van der Waals surface area contributed by atoms with E-state index in [1.807, 2.05) is 0 Å². The van der Waals surface area contributed by atoms with Crippen LogP contribution in [0.25, 0.3) is 0 Å². The number of nitrogens with zero attached hydrogens (tertiary/aromatic N) is 1. The second-order valence-electron chi connectivity index (χ2n) is 6.62. The summed E-state index contributed by atoms with van der Waals surface area (Å²) in [5, 5.41) is 9.34. The SMILES string of the molecule is O=C(O)C1C2CCC1(C1CCN(C(=O)C(F)(F)F)CC1)C2. The summed E-state index contributed by atoms with van der Waals surface area (Å²) in [6, 6.07) is 0. The molecule has 118 valence electrons. The fourth-order valence-corrected chi connectivity index (χ4v) is 4.93. The Labute approximate surface area is 120 Å². The fraction of sp³-hybridized carbons (Fsp3) is 0.857. The number of halogens is 3. The molecule has 1 N–H and O–H groups in total. The van der Waals surface area contributed by atoms with Crippen molar-refractivity contribution in [3.8, 4) is 0 Å². The molecule has 4 nitrogen and oxygen atoms in total. The topological polar surface area (TPSA) is 57.6 Å². The van der Waals surface area contributed by atoms with E-state index in [1.54, 1.807) is 0 Å². The van der Waals surface area contributed by atoms with E-state index >= 15 is 0 Å². The van der Waals surface area contributed by atoms with E-state index in [1.165, 1.54) is 0 Å². The average molecular weight is 305 g/mol. The van der Waals surface area contributed by atoms with Gasteiger partial charge in [0.1, 0.15) is 0 Å². The summed E-state index contributed by atoms with van der Waals surface area (Å²) in [6.45, 7) is 0.170. The number of piperidine rings is 1. The summed E-state index contributed by atoms with van der Waals surface area (Å²) in [7, 11) is 0. The number of amides is 1. The van der Waals surface area contributed by atoms with Crippen LogP contribution in [0.5, 0.6) is 0 Å². The van der Waals surface area contributed by atoms with Crippen LogP contribution >= 0.6 is 0 Å². The Morgan fingerprint density at radius 3 is 2.24 bits per heavy atom. The first-order valence-electron chi connectivity index (χ1n) is 7.34. The van der Waals surface area contributed by atoms with E-state index < -0.39 is 18.1 Å². The number of aliphatic carboxylic acids is 1. The average Bonchev–Trinajstić information content (AvgIpc) is 2.96. The minimum Gasteiger partial charge on any atom is -0.481 e. The van der Waals surface area contributed by atoms with Crippen molar-refractivity contribution in [2.45, 2.75) is 38.3 Å². The predicted molar refractivity (Wildman–Crippen MR) is 66.3 cm³/mol. The van der Waals surface area contributed by atoms with Gasteiger partial charge >= 0.3 is 18.1 Å². The highest BCUT2D eigenvalue weighted by atomic mass is 19.4. The molecule has 3 aliphatic carbocycles. The van der Waals surface area contributed by atoms with Crippen molar-refractivity contribution in [2.24, 2.45) is 23.2 Å². The minimum absolute atomic E-state index is 0.0851. The molecule has 0 aromatic carbocycles. The molecule has 4 aliphatic rings. The van der Waals surface area contributed by atoms with E-state index in [0.29, 0.717) is 12.8 Å². The van der Waals surface area contributed by atoms with Crippen LogP contribution in [0.3, 0.4) is 0 Å². The number of hydrogen-bond donors (Lipinski definition) is 1. The van der Waals surface area contributed by atoms with E-state index in [9.17, 15) is 27.9 Å². The molecular formula is C14H18F3NO3. The normalized spacial score (nSPS) is 36.4. The molecule has 2 bridgehead atoms. The molecule has 0 aromatic heterocycles. The highest BCUT2D eigenvalue weighted by molar-refractivity contribution is 5.82. The van der Waals surface area contributed by atoms with Gasteiger partial charge in [0.25, 0.3) is 0 Å². The molecule has 0 spiro atoms. The molecule has 1 saturated heterocycles. The summed E-state index contributed by atoms with van der Waals surface area (Å²) in [4.78, 5) is 23.5. The molecule has 3 atom stereocenters. The molecule has 21 heavy (non-hydrogen) atoms. The third-order valence-electron chi connectivity index (χ3n) is 5.82. The molecule has 0 radical (unpaired) electrons. The zero-order valence-corrected chi connectivity index (χ0v) is 11.5. The second-order valence-corrected chi connectivity index (χ2v) is 6.62. The standard InChI is InChI=1S/C14H18F3NO3/c15-14(16,17)12(21)18-5-2-9(3-6-18)13-4-1-8(7-13)10(13)11(19)20/h8-10H,1-7H2,(H,19,20). The first-order valence-corrected chi connectivity index (χ1v) is 7.34. The Hall–Kier alpha value is -1.27. The van der Waals surface area contributed by atoms with Crippen molar-refractivity contribution < 1.29 is 27.9 Å². The van der Waals surface area contributed by atoms with Gasteiger partial charge in [-0.05, 0) is 49.4 Å². The van der Waals surface area contributed by atoms with Crippen LogP contribution in [0.15, 0.2) is 0 Å². The van der Waals surface area contributed by atoms with E-state index in [0.717, 1.165) is 24.2 Å². The van der Waals surface area contributed by atoms with Gasteiger partial charge in [0.15, 0.2) is 0 Å². The van der Waals surface area contributed by atoms with Gasteiger partial charge in [-0.15, -0.1) is 0 Å². The summed E-state index contributed by atoms with van der Waals surface area (Å²) in [6.07, 6.45) is -1.17. The third-order valence-corrected chi connectivity index (χ3v) is 5.82. The minimum atomic E-state index is -4.82. The first kappa shape index (κ1) is 14.7. The Balaban J connectivity index is 1.64. The van der Waals surface area contributed by atoms with Crippen molar-refractivity contribution >= 4 is 11.9 Å². The summed E-state index contributed by atoms with van der Waals surface area (Å²) in [5.74, 6) is -2.48. The number of alkyl halides is 3. The lowest BCUT2D eigenvalue weighted by atomic mass is 9.53. The van der Waals surface area contributed by atoms with Gasteiger partial charge < -0.3 is 10.0 Å². The molecular weight excluding hydrogens is 287 g/mol. The summed E-state index contributed by atoms with van der Waals surface area (Å²) >= 11 is 0. The Morgan fingerprint density at radius 1 is 1.14 bits per heavy atom. The lowest BCUT2D eigenvalue weighted by molar-refractivity contribution is -0.188. The van der Waals surface area contributed by atoms with Gasteiger partial charge in [-0.2, -0.15) is 13.2 Å². The zero-order chi connectivity index (χ0) is 15.4. The number of likely N-dealkylation sites (tertiary alicyclic amines) is 1. The number of carbonyl (C=O) groups excluding carboxylic acids is 1. The largest absolute Gasteiger partial charge is 0.481 e. The molecule has 4 fully saturated rings. The maximum Gasteiger partial charge on any atom is 0.471 e. The molecule has 3 saturated carbocycles. The van der Waals surface area contributed by atoms with Crippen LogP contribution < -0.4 is 0 Å². The zero-order valence-electron chi connectivity index (χ0n) is 11.5. The van der Waals surface area contributed by atoms with Crippen molar-refractivity contribution in [1.82, 2.24) is 4.90 Å². The number of carbonyl (C=O) groups is 2. The predicted octanol–water partition coefficient (Wildman–Crippen LogP) is 2.29. The van der Waals surface area contributed by atoms with Gasteiger partial charge in [-0.1, -0.05) is 0 Å². The lowest BCUT2D eigenvalue weighted by Gasteiger charge is -2.52. The van der Waals surface area contributed by atoms with Gasteiger partial charge in [0, 0.05) is 13.1 Å². The van der Waals surface area contributed by atoms with Crippen LogP contribution in [0.2, 0.25) is 0 Å². The van der Waals surface area contributed by atoms with Crippen LogP contribution in [-0.4, -0.2) is 41.1 Å². The first-order chi connectivity index (χ1) is 9.75. The number of carboxylic acid groups (broad SMARTS) is 1. The van der Waals surface area contributed by atoms with Gasteiger partial charge in [-0.3, -0.25) is 9.59 Å². The maximum absolute atomic E-state index is 12.4. The quantitative estimate of drug-likeness (QED) is 0.851. The van der Waals surface area contributed by atoms with Gasteiger partial charge in [-0.25, -0.2) is 0 Å². The highest BCUT2D eigenvalue weighted by Crippen LogP contribution is 2.68. The Bertz CT molecular complexity index is 467. The molecule has 4 rings (SSSR count). The third kappa shape index (κ3) is 2.12. The van der Waals surface area contributed by atoms with Crippen molar-refractivity contribution in [3.05, 3.63) is 0 Å². The van der Waals surface area contributed by atoms with Crippen LogP contribution in [0.1, 0.15) is 32.1 Å². The molecule has 1 amide bonds. The van der Waals surface area contributed by atoms with Crippen molar-refractivity contribution in [1.29, 1.82) is 0 Å². The Kier molecular flexibility index (Phi) is 3.22. The van der Waals surface area contributed by atoms with E-state index in [4.69, 9.17) is 0 Å². The monoisotopic (exact) mass is 305 g/mol. The van der Waals surface area contributed by atoms with E-state index in [-0.39, 0.29) is 36.3 Å². The van der Waals surface area contributed by atoms with Crippen LogP contribution in [0, 0.1) is 23.2 Å². The maximum atomic E-state index is 12.4. The molecule has 0 aromatic rings. The lowest BCUT2D eigenvalue weighted by Crippen LogP contribution is -2.54. The van der Waals surface area contributed by atoms with Crippen molar-refractivity contribution in [2.75, 3.05) is 13.1 Å². The van der Waals surface area contributed by atoms with Gasteiger partial charge in [0.05, 0.1) is 5.92 Å². The Morgan fingerprint density at radius 2 is 1.76 bits per heavy atom. The number of fused-ring (bicyclic) bond motifs is 1.